The molecule has 9 heteroatoms. The summed E-state index contributed by atoms with van der Waals surface area (Å²) in [6.07, 6.45) is 3.57. The molecule has 0 saturated carbocycles. The third kappa shape index (κ3) is 6.73. The van der Waals surface area contributed by atoms with Gasteiger partial charge in [0.2, 0.25) is 0 Å². The van der Waals surface area contributed by atoms with Crippen LogP contribution in [0.15, 0.2) is 97.3 Å². The summed E-state index contributed by atoms with van der Waals surface area (Å²) < 4.78 is 5.37. The molecule has 0 aliphatic heterocycles. The number of nitrogens with zero attached hydrogens (tertiary/aromatic N) is 3. The Hall–Kier alpha value is -4.20. The summed E-state index contributed by atoms with van der Waals surface area (Å²) in [5.41, 5.74) is 4.21. The van der Waals surface area contributed by atoms with Crippen molar-refractivity contribution in [1.82, 2.24) is 15.2 Å². The second-order valence-electron chi connectivity index (χ2n) is 8.11. The highest BCUT2D eigenvalue weighted by Gasteiger charge is 2.13. The first-order valence-corrected chi connectivity index (χ1v) is 11.7. The zero-order valence-electron chi connectivity index (χ0n) is 19.6. The van der Waals surface area contributed by atoms with Gasteiger partial charge in [-0.1, -0.05) is 48.0 Å². The number of carbonyl (C=O) groups is 1. The van der Waals surface area contributed by atoms with Crippen LogP contribution in [0.4, 0.5) is 22.0 Å². The number of fused-ring (bicyclic) bond motifs is 1. The van der Waals surface area contributed by atoms with Gasteiger partial charge in [0.25, 0.3) is 0 Å². The van der Waals surface area contributed by atoms with Gasteiger partial charge >= 0.3 is 6.09 Å². The molecular formula is C28H23Cl2N5O2. The first kappa shape index (κ1) is 25.9. The molecule has 1 amide bonds. The third-order valence-electron chi connectivity index (χ3n) is 5.54. The number of amides is 1. The molecule has 2 heterocycles. The second kappa shape index (κ2) is 12.2. The van der Waals surface area contributed by atoms with Crippen molar-refractivity contribution in [3.63, 3.8) is 0 Å². The SMILES string of the molecule is Cl.O=C(Nc1ccc2c(Cc3ccncc3)nnc(Nc3ccc(Cl)cc3)c2c1)OCc1ccccc1. The van der Waals surface area contributed by atoms with Crippen LogP contribution in [-0.4, -0.2) is 21.3 Å². The Labute approximate surface area is 225 Å². The van der Waals surface area contributed by atoms with E-state index in [1.54, 1.807) is 24.5 Å². The Morgan fingerprint density at radius 1 is 0.811 bits per heavy atom. The molecule has 0 fully saturated rings. The van der Waals surface area contributed by atoms with Gasteiger partial charge in [-0.05, 0) is 59.7 Å². The van der Waals surface area contributed by atoms with Gasteiger partial charge in [0.1, 0.15) is 6.61 Å². The Balaban J connectivity index is 0.00000320. The van der Waals surface area contributed by atoms with Gasteiger partial charge in [0.05, 0.1) is 5.69 Å². The monoisotopic (exact) mass is 531 g/mol. The molecule has 186 valence electrons. The third-order valence-corrected chi connectivity index (χ3v) is 5.80. The number of hydrogen-bond acceptors (Lipinski definition) is 6. The van der Waals surface area contributed by atoms with Crippen LogP contribution in [0, 0.1) is 0 Å². The minimum atomic E-state index is -0.538. The van der Waals surface area contributed by atoms with E-state index in [0.29, 0.717) is 22.9 Å². The number of aromatic nitrogens is 3. The van der Waals surface area contributed by atoms with E-state index in [-0.39, 0.29) is 19.0 Å². The average molecular weight is 532 g/mol. The molecule has 0 bridgehead atoms. The molecule has 3 aromatic carbocycles. The number of rotatable bonds is 7. The largest absolute Gasteiger partial charge is 0.444 e. The van der Waals surface area contributed by atoms with Crippen LogP contribution in [-0.2, 0) is 17.8 Å². The molecule has 7 nitrogen and oxygen atoms in total. The van der Waals surface area contributed by atoms with Crippen molar-refractivity contribution < 1.29 is 9.53 Å². The van der Waals surface area contributed by atoms with Crippen LogP contribution >= 0.6 is 24.0 Å². The molecule has 0 atom stereocenters. The highest BCUT2D eigenvalue weighted by atomic mass is 35.5. The first-order valence-electron chi connectivity index (χ1n) is 11.3. The summed E-state index contributed by atoms with van der Waals surface area (Å²) in [5.74, 6) is 0.562. The highest BCUT2D eigenvalue weighted by Crippen LogP contribution is 2.30. The van der Waals surface area contributed by atoms with Crippen LogP contribution in [0.2, 0.25) is 5.02 Å². The first-order chi connectivity index (χ1) is 17.6. The highest BCUT2D eigenvalue weighted by molar-refractivity contribution is 6.30. The van der Waals surface area contributed by atoms with E-state index in [2.05, 4.69) is 25.8 Å². The van der Waals surface area contributed by atoms with Crippen molar-refractivity contribution in [2.75, 3.05) is 10.6 Å². The van der Waals surface area contributed by atoms with Gasteiger partial charge in [0, 0.05) is 46.0 Å². The lowest BCUT2D eigenvalue weighted by Gasteiger charge is -2.13. The van der Waals surface area contributed by atoms with E-state index < -0.39 is 6.09 Å². The van der Waals surface area contributed by atoms with E-state index in [9.17, 15) is 4.79 Å². The van der Waals surface area contributed by atoms with Crippen LogP contribution in [0.1, 0.15) is 16.8 Å². The summed E-state index contributed by atoms with van der Waals surface area (Å²) in [5, 5.41) is 17.4. The van der Waals surface area contributed by atoms with Crippen LogP contribution in [0.25, 0.3) is 10.8 Å². The smallest absolute Gasteiger partial charge is 0.411 e. The minimum absolute atomic E-state index is 0. The minimum Gasteiger partial charge on any atom is -0.444 e. The average Bonchev–Trinajstić information content (AvgIpc) is 2.91. The lowest BCUT2D eigenvalue weighted by molar-refractivity contribution is 0.155. The molecule has 37 heavy (non-hydrogen) atoms. The van der Waals surface area contributed by atoms with Gasteiger partial charge in [-0.25, -0.2) is 4.79 Å². The van der Waals surface area contributed by atoms with Crippen LogP contribution in [0.3, 0.4) is 0 Å². The number of ether oxygens (including phenoxy) is 1. The molecule has 0 unspecified atom stereocenters. The van der Waals surface area contributed by atoms with Gasteiger partial charge in [-0.2, -0.15) is 5.10 Å². The Bertz CT molecular complexity index is 1480. The van der Waals surface area contributed by atoms with Crippen molar-refractivity contribution in [3.8, 4) is 0 Å². The Morgan fingerprint density at radius 3 is 2.30 bits per heavy atom. The molecular weight excluding hydrogens is 509 g/mol. The lowest BCUT2D eigenvalue weighted by Crippen LogP contribution is -2.13. The number of carbonyl (C=O) groups excluding carboxylic acids is 1. The molecule has 0 saturated heterocycles. The Kier molecular flexibility index (Phi) is 8.51. The fourth-order valence-corrected chi connectivity index (χ4v) is 3.88. The fraction of sp³-hybridized carbons (Fsp3) is 0.0714. The maximum Gasteiger partial charge on any atom is 0.411 e. The number of hydrogen-bond donors (Lipinski definition) is 2. The predicted octanol–water partition coefficient (Wildman–Crippen LogP) is 7.18. The van der Waals surface area contributed by atoms with Gasteiger partial charge in [-0.3, -0.25) is 10.3 Å². The molecule has 0 spiro atoms. The fourth-order valence-electron chi connectivity index (χ4n) is 3.75. The van der Waals surface area contributed by atoms with Gasteiger partial charge in [-0.15, -0.1) is 17.5 Å². The van der Waals surface area contributed by atoms with E-state index in [0.717, 1.165) is 33.3 Å². The standard InChI is InChI=1S/C28H22ClN5O2.ClH/c29-21-6-8-22(9-7-21)31-27-25-17-23(32-28(35)36-18-20-4-2-1-3-5-20)10-11-24(25)26(33-34-27)16-19-12-14-30-15-13-19;/h1-15,17H,16,18H2,(H,31,34)(H,32,35);1H. The molecule has 0 radical (unpaired) electrons. The molecule has 5 aromatic rings. The van der Waals surface area contributed by atoms with Crippen molar-refractivity contribution in [2.45, 2.75) is 13.0 Å². The van der Waals surface area contributed by atoms with E-state index in [1.165, 1.54) is 0 Å². The predicted molar refractivity (Wildman–Crippen MR) is 149 cm³/mol. The summed E-state index contributed by atoms with van der Waals surface area (Å²) >= 11 is 6.03. The number of anilines is 3. The van der Waals surface area contributed by atoms with Crippen LogP contribution in [0.5, 0.6) is 0 Å². The van der Waals surface area contributed by atoms with E-state index in [4.69, 9.17) is 16.3 Å². The molecule has 2 aromatic heterocycles. The summed E-state index contributed by atoms with van der Waals surface area (Å²) in [6.45, 7) is 0.186. The van der Waals surface area contributed by atoms with Crippen molar-refractivity contribution in [2.24, 2.45) is 0 Å². The zero-order chi connectivity index (χ0) is 24.7. The lowest BCUT2D eigenvalue weighted by atomic mass is 10.0. The van der Waals surface area contributed by atoms with E-state index in [1.807, 2.05) is 72.8 Å². The van der Waals surface area contributed by atoms with Crippen LogP contribution < -0.4 is 10.6 Å². The van der Waals surface area contributed by atoms with Crippen molar-refractivity contribution in [3.05, 3.63) is 119 Å². The maximum absolute atomic E-state index is 12.4. The summed E-state index contributed by atoms with van der Waals surface area (Å²) in [6, 6.07) is 26.4. The quantitative estimate of drug-likeness (QED) is 0.231. The molecule has 0 aliphatic rings. The number of halogens is 2. The topological polar surface area (TPSA) is 89.0 Å². The second-order valence-corrected chi connectivity index (χ2v) is 8.54. The molecule has 0 aliphatic carbocycles. The zero-order valence-corrected chi connectivity index (χ0v) is 21.2. The number of nitrogens with one attached hydrogen (secondary N) is 2. The van der Waals surface area contributed by atoms with Gasteiger partial charge < -0.3 is 10.1 Å². The van der Waals surface area contributed by atoms with Gasteiger partial charge in [0.15, 0.2) is 5.82 Å². The van der Waals surface area contributed by atoms with Crippen molar-refractivity contribution in [1.29, 1.82) is 0 Å². The molecule has 5 rings (SSSR count). The summed E-state index contributed by atoms with van der Waals surface area (Å²) in [7, 11) is 0. The Morgan fingerprint density at radius 2 is 1.54 bits per heavy atom. The number of benzene rings is 3. The van der Waals surface area contributed by atoms with E-state index >= 15 is 0 Å². The summed E-state index contributed by atoms with van der Waals surface area (Å²) in [4.78, 5) is 16.5. The number of pyridine rings is 1. The normalized spacial score (nSPS) is 10.4. The maximum atomic E-state index is 12.4. The van der Waals surface area contributed by atoms with Crippen molar-refractivity contribution >= 4 is 58.1 Å². The molecule has 2 N–H and O–H groups in total.